The third-order valence-corrected chi connectivity index (χ3v) is 4.72. The highest BCUT2D eigenvalue weighted by atomic mass is 19.3. The van der Waals surface area contributed by atoms with Crippen LogP contribution in [0.15, 0.2) is 48.5 Å². The molecule has 0 saturated heterocycles. The van der Waals surface area contributed by atoms with E-state index < -0.39 is 6.61 Å². The lowest BCUT2D eigenvalue weighted by molar-refractivity contribution is -0.0512. The number of nitrogens with one attached hydrogen (secondary N) is 2. The maximum atomic E-state index is 12.4. The van der Waals surface area contributed by atoms with Gasteiger partial charge in [0.05, 0.1) is 7.11 Å². The van der Waals surface area contributed by atoms with Gasteiger partial charge in [0, 0.05) is 18.5 Å². The van der Waals surface area contributed by atoms with Crippen molar-refractivity contribution < 1.29 is 23.0 Å². The van der Waals surface area contributed by atoms with Crippen LogP contribution >= 0.6 is 0 Å². The third-order valence-electron chi connectivity index (χ3n) is 4.72. The molecule has 0 aromatic heterocycles. The number of alkyl halides is 2. The topological polar surface area (TPSA) is 59.6 Å². The van der Waals surface area contributed by atoms with Crippen LogP contribution in [0.2, 0.25) is 0 Å². The van der Waals surface area contributed by atoms with Gasteiger partial charge in [-0.25, -0.2) is 4.79 Å². The molecule has 1 aliphatic carbocycles. The lowest BCUT2D eigenvalue weighted by Gasteiger charge is -2.17. The van der Waals surface area contributed by atoms with Crippen molar-refractivity contribution in [3.8, 4) is 11.5 Å². The molecule has 144 valence electrons. The first-order chi connectivity index (χ1) is 13.0. The summed E-state index contributed by atoms with van der Waals surface area (Å²) < 4.78 is 34.2. The fraction of sp³-hybridized carbons (Fsp3) is 0.350. The molecule has 1 saturated carbocycles. The summed E-state index contributed by atoms with van der Waals surface area (Å²) >= 11 is 0. The Morgan fingerprint density at radius 3 is 2.48 bits per heavy atom. The third kappa shape index (κ3) is 4.87. The lowest BCUT2D eigenvalue weighted by atomic mass is 9.96. The Bertz CT molecular complexity index is 780. The first kappa shape index (κ1) is 18.9. The van der Waals surface area contributed by atoms with Crippen LogP contribution in [0.5, 0.6) is 11.5 Å². The Balaban J connectivity index is 1.51. The van der Waals surface area contributed by atoms with E-state index in [1.165, 1.54) is 18.7 Å². The molecule has 0 aliphatic heterocycles. The van der Waals surface area contributed by atoms with Crippen molar-refractivity contribution in [1.29, 1.82) is 0 Å². The van der Waals surface area contributed by atoms with Crippen molar-refractivity contribution in [3.05, 3.63) is 59.7 Å². The van der Waals surface area contributed by atoms with Gasteiger partial charge in [0.1, 0.15) is 0 Å². The quantitative estimate of drug-likeness (QED) is 0.736. The van der Waals surface area contributed by atoms with E-state index in [0.717, 1.165) is 12.8 Å². The van der Waals surface area contributed by atoms with Gasteiger partial charge in [0.25, 0.3) is 0 Å². The summed E-state index contributed by atoms with van der Waals surface area (Å²) in [5.74, 6) is 0.148. The zero-order valence-electron chi connectivity index (χ0n) is 15.0. The predicted molar refractivity (Wildman–Crippen MR) is 97.2 cm³/mol. The zero-order chi connectivity index (χ0) is 19.3. The first-order valence-electron chi connectivity index (χ1n) is 8.71. The summed E-state index contributed by atoms with van der Waals surface area (Å²) in [7, 11) is 1.37. The molecule has 7 heteroatoms. The smallest absolute Gasteiger partial charge is 0.387 e. The molecular formula is C20H22F2N2O3. The van der Waals surface area contributed by atoms with Gasteiger partial charge in [0.15, 0.2) is 11.5 Å². The summed E-state index contributed by atoms with van der Waals surface area (Å²) in [5, 5.41) is 5.68. The predicted octanol–water partition coefficient (Wildman–Crippen LogP) is 3.83. The van der Waals surface area contributed by atoms with E-state index in [1.54, 1.807) is 12.1 Å². The van der Waals surface area contributed by atoms with Gasteiger partial charge in [-0.3, -0.25) is 0 Å². The number of amides is 2. The number of hydrogen-bond donors (Lipinski definition) is 2. The molecule has 2 aromatic rings. The van der Waals surface area contributed by atoms with Crippen LogP contribution in [-0.4, -0.2) is 26.3 Å². The Morgan fingerprint density at radius 1 is 1.11 bits per heavy atom. The first-order valence-corrected chi connectivity index (χ1v) is 8.71. The maximum absolute atomic E-state index is 12.4. The van der Waals surface area contributed by atoms with Gasteiger partial charge in [-0.2, -0.15) is 8.78 Å². The molecule has 0 heterocycles. The average molecular weight is 376 g/mol. The fourth-order valence-corrected chi connectivity index (χ4v) is 3.02. The van der Waals surface area contributed by atoms with Gasteiger partial charge < -0.3 is 20.1 Å². The maximum Gasteiger partial charge on any atom is 0.387 e. The molecular weight excluding hydrogens is 354 g/mol. The summed E-state index contributed by atoms with van der Waals surface area (Å²) in [6.45, 7) is -2.10. The molecule has 3 rings (SSSR count). The average Bonchev–Trinajstić information content (AvgIpc) is 3.47. The van der Waals surface area contributed by atoms with Gasteiger partial charge in [-0.1, -0.05) is 36.4 Å². The largest absolute Gasteiger partial charge is 0.493 e. The zero-order valence-corrected chi connectivity index (χ0v) is 15.0. The number of urea groups is 1. The molecule has 2 N–H and O–H groups in total. The highest BCUT2D eigenvalue weighted by Gasteiger charge is 2.44. The van der Waals surface area contributed by atoms with Crippen molar-refractivity contribution in [1.82, 2.24) is 10.6 Å². The number of hydrogen-bond acceptors (Lipinski definition) is 3. The van der Waals surface area contributed by atoms with Crippen molar-refractivity contribution in [2.75, 3.05) is 13.7 Å². The molecule has 0 bridgehead atoms. The lowest BCUT2D eigenvalue weighted by Crippen LogP contribution is -2.39. The van der Waals surface area contributed by atoms with Crippen LogP contribution in [0, 0.1) is 0 Å². The minimum Gasteiger partial charge on any atom is -0.493 e. The molecule has 0 spiro atoms. The van der Waals surface area contributed by atoms with Crippen LogP contribution in [0.4, 0.5) is 13.6 Å². The highest BCUT2D eigenvalue weighted by molar-refractivity contribution is 5.74. The molecule has 2 amide bonds. The standard InChI is InChI=1S/C20H22F2N2O3/c1-26-17-11-14(7-8-16(17)27-18(21)22)12-23-19(25)24-13-20(9-10-20)15-5-3-2-4-6-15/h2-8,11,18H,9-10,12-13H2,1H3,(H2,23,24,25). The minimum atomic E-state index is -2.92. The minimum absolute atomic E-state index is 0.0378. The van der Waals surface area contributed by atoms with E-state index >= 15 is 0 Å². The Labute approximate surface area is 156 Å². The van der Waals surface area contributed by atoms with Gasteiger partial charge in [-0.05, 0) is 36.1 Å². The second kappa shape index (κ2) is 8.24. The molecule has 27 heavy (non-hydrogen) atoms. The van der Waals surface area contributed by atoms with E-state index in [-0.39, 0.29) is 29.5 Å². The van der Waals surface area contributed by atoms with Crippen LogP contribution in [0.3, 0.4) is 0 Å². The Morgan fingerprint density at radius 2 is 1.85 bits per heavy atom. The fourth-order valence-electron chi connectivity index (χ4n) is 3.02. The summed E-state index contributed by atoms with van der Waals surface area (Å²) in [4.78, 5) is 12.1. The molecule has 5 nitrogen and oxygen atoms in total. The van der Waals surface area contributed by atoms with E-state index in [0.29, 0.717) is 12.1 Å². The van der Waals surface area contributed by atoms with E-state index in [4.69, 9.17) is 4.74 Å². The monoisotopic (exact) mass is 376 g/mol. The van der Waals surface area contributed by atoms with Crippen molar-refractivity contribution in [2.24, 2.45) is 0 Å². The normalized spacial score (nSPS) is 14.5. The number of ether oxygens (including phenoxy) is 2. The molecule has 1 fully saturated rings. The van der Waals surface area contributed by atoms with E-state index in [1.807, 2.05) is 18.2 Å². The number of halogens is 2. The van der Waals surface area contributed by atoms with Crippen LogP contribution in [0.25, 0.3) is 0 Å². The van der Waals surface area contributed by atoms with Gasteiger partial charge >= 0.3 is 12.6 Å². The highest BCUT2D eigenvalue weighted by Crippen LogP contribution is 2.47. The molecule has 0 radical (unpaired) electrons. The molecule has 0 atom stereocenters. The molecule has 1 aliphatic rings. The summed E-state index contributed by atoms with van der Waals surface area (Å²) in [6, 6.07) is 14.4. The number of carbonyl (C=O) groups excluding carboxylic acids is 1. The van der Waals surface area contributed by atoms with Gasteiger partial charge in [-0.15, -0.1) is 0 Å². The van der Waals surface area contributed by atoms with E-state index in [9.17, 15) is 13.6 Å². The van der Waals surface area contributed by atoms with Gasteiger partial charge in [0.2, 0.25) is 0 Å². The van der Waals surface area contributed by atoms with E-state index in [2.05, 4.69) is 27.5 Å². The Hall–Kier alpha value is -2.83. The summed E-state index contributed by atoms with van der Waals surface area (Å²) in [6.07, 6.45) is 2.11. The second-order valence-electron chi connectivity index (χ2n) is 6.55. The van der Waals surface area contributed by atoms with Crippen molar-refractivity contribution in [2.45, 2.75) is 31.4 Å². The number of carbonyl (C=O) groups is 1. The molecule has 0 unspecified atom stereocenters. The number of benzene rings is 2. The van der Waals surface area contributed by atoms with Crippen LogP contribution in [-0.2, 0) is 12.0 Å². The summed E-state index contributed by atoms with van der Waals surface area (Å²) in [5.41, 5.74) is 1.99. The Kier molecular flexibility index (Phi) is 5.78. The van der Waals surface area contributed by atoms with Crippen molar-refractivity contribution in [3.63, 3.8) is 0 Å². The SMILES string of the molecule is COc1cc(CNC(=O)NCC2(c3ccccc3)CC2)ccc1OC(F)F. The molecule has 2 aromatic carbocycles. The van der Waals surface area contributed by atoms with Crippen LogP contribution in [0.1, 0.15) is 24.0 Å². The van der Waals surface area contributed by atoms with Crippen LogP contribution < -0.4 is 20.1 Å². The van der Waals surface area contributed by atoms with Crippen molar-refractivity contribution >= 4 is 6.03 Å². The number of methoxy groups -OCH3 is 1. The number of rotatable bonds is 8. The second-order valence-corrected chi connectivity index (χ2v) is 6.55.